The second-order valence-electron chi connectivity index (χ2n) is 4.35. The molecule has 98 valence electrons. The second kappa shape index (κ2) is 6.31. The summed E-state index contributed by atoms with van der Waals surface area (Å²) in [6.07, 6.45) is -0.378. The number of amides is 1. The number of nitrogens with one attached hydrogen (secondary N) is 2. The topological polar surface area (TPSA) is 50.4 Å². The van der Waals surface area contributed by atoms with E-state index in [0.29, 0.717) is 13.2 Å². The Balaban J connectivity index is 1.91. The van der Waals surface area contributed by atoms with Crippen molar-refractivity contribution in [2.24, 2.45) is 0 Å². The van der Waals surface area contributed by atoms with Gasteiger partial charge in [-0.25, -0.2) is 0 Å². The number of ether oxygens (including phenoxy) is 1. The molecule has 0 aromatic heterocycles. The van der Waals surface area contributed by atoms with Crippen molar-refractivity contribution in [3.63, 3.8) is 0 Å². The van der Waals surface area contributed by atoms with Crippen LogP contribution in [0.25, 0.3) is 0 Å². The molecule has 0 bridgehead atoms. The smallest absolute Gasteiger partial charge is 0.250 e. The van der Waals surface area contributed by atoms with Gasteiger partial charge in [-0.3, -0.25) is 4.79 Å². The van der Waals surface area contributed by atoms with Crippen LogP contribution in [0.15, 0.2) is 28.7 Å². The fourth-order valence-corrected chi connectivity index (χ4v) is 2.14. The van der Waals surface area contributed by atoms with E-state index in [2.05, 4.69) is 26.6 Å². The third-order valence-corrected chi connectivity index (χ3v) is 3.48. The molecule has 2 rings (SSSR count). The maximum atomic E-state index is 12.0. The van der Waals surface area contributed by atoms with Crippen molar-refractivity contribution in [1.82, 2.24) is 10.6 Å². The molecule has 5 heteroatoms. The molecule has 1 aliphatic rings. The normalized spacial score (nSPS) is 21.3. The lowest BCUT2D eigenvalue weighted by Crippen LogP contribution is -2.48. The van der Waals surface area contributed by atoms with Gasteiger partial charge in [-0.2, -0.15) is 0 Å². The van der Waals surface area contributed by atoms with Crippen molar-refractivity contribution in [2.75, 3.05) is 19.7 Å². The summed E-state index contributed by atoms with van der Waals surface area (Å²) in [5, 5.41) is 6.11. The molecular weight excluding hydrogens is 296 g/mol. The van der Waals surface area contributed by atoms with E-state index in [9.17, 15) is 4.79 Å². The van der Waals surface area contributed by atoms with Crippen LogP contribution in [0, 0.1) is 0 Å². The lowest BCUT2D eigenvalue weighted by molar-refractivity contribution is -0.134. The van der Waals surface area contributed by atoms with Crippen molar-refractivity contribution < 1.29 is 9.53 Å². The summed E-state index contributed by atoms with van der Waals surface area (Å²) in [5.41, 5.74) is 1.08. The molecule has 1 heterocycles. The number of morpholine rings is 1. The Morgan fingerprint density at radius 2 is 2.22 bits per heavy atom. The Hall–Kier alpha value is -0.910. The molecule has 1 aromatic rings. The number of hydrogen-bond donors (Lipinski definition) is 2. The number of halogens is 1. The van der Waals surface area contributed by atoms with Crippen LogP contribution in [0.1, 0.15) is 18.5 Å². The van der Waals surface area contributed by atoms with E-state index in [1.807, 2.05) is 31.2 Å². The fourth-order valence-electron chi connectivity index (χ4n) is 1.87. The van der Waals surface area contributed by atoms with E-state index in [0.717, 1.165) is 16.6 Å². The van der Waals surface area contributed by atoms with Crippen molar-refractivity contribution in [3.8, 4) is 0 Å². The predicted molar refractivity (Wildman–Crippen MR) is 73.3 cm³/mol. The van der Waals surface area contributed by atoms with Crippen molar-refractivity contribution in [2.45, 2.75) is 19.1 Å². The largest absolute Gasteiger partial charge is 0.366 e. The minimum atomic E-state index is -0.378. The van der Waals surface area contributed by atoms with E-state index < -0.39 is 0 Å². The third-order valence-electron chi connectivity index (χ3n) is 2.95. The average molecular weight is 313 g/mol. The second-order valence-corrected chi connectivity index (χ2v) is 5.26. The highest BCUT2D eigenvalue weighted by Gasteiger charge is 2.23. The van der Waals surface area contributed by atoms with E-state index in [-0.39, 0.29) is 18.1 Å². The van der Waals surface area contributed by atoms with Gasteiger partial charge in [0.2, 0.25) is 0 Å². The lowest BCUT2D eigenvalue weighted by Gasteiger charge is -2.24. The van der Waals surface area contributed by atoms with E-state index in [1.165, 1.54) is 0 Å². The molecule has 1 amide bonds. The van der Waals surface area contributed by atoms with Crippen molar-refractivity contribution >= 4 is 21.8 Å². The maximum absolute atomic E-state index is 12.0. The fraction of sp³-hybridized carbons (Fsp3) is 0.462. The Morgan fingerprint density at radius 3 is 2.83 bits per heavy atom. The zero-order valence-electron chi connectivity index (χ0n) is 10.3. The van der Waals surface area contributed by atoms with Crippen LogP contribution in [0.3, 0.4) is 0 Å². The SMILES string of the molecule is C[C@@H](NC(=O)C1CNCCO1)c1ccc(Br)cc1. The third kappa shape index (κ3) is 3.54. The van der Waals surface area contributed by atoms with Crippen LogP contribution < -0.4 is 10.6 Å². The Bertz CT molecular complexity index is 402. The summed E-state index contributed by atoms with van der Waals surface area (Å²) < 4.78 is 6.45. The summed E-state index contributed by atoms with van der Waals surface area (Å²) in [7, 11) is 0. The Kier molecular flexibility index (Phi) is 4.74. The first-order chi connectivity index (χ1) is 8.66. The van der Waals surface area contributed by atoms with Crippen LogP contribution in [-0.4, -0.2) is 31.7 Å². The zero-order valence-corrected chi connectivity index (χ0v) is 11.9. The monoisotopic (exact) mass is 312 g/mol. The average Bonchev–Trinajstić information content (AvgIpc) is 2.40. The molecule has 18 heavy (non-hydrogen) atoms. The molecule has 1 fully saturated rings. The van der Waals surface area contributed by atoms with Gasteiger partial charge in [-0.15, -0.1) is 0 Å². The standard InChI is InChI=1S/C13H17BrN2O2/c1-9(10-2-4-11(14)5-3-10)16-13(17)12-8-15-6-7-18-12/h2-5,9,12,15H,6-8H2,1H3,(H,16,17)/t9-,12?/m1/s1. The zero-order chi connectivity index (χ0) is 13.0. The summed E-state index contributed by atoms with van der Waals surface area (Å²) in [6, 6.07) is 7.91. The molecule has 0 spiro atoms. The first-order valence-electron chi connectivity index (χ1n) is 6.05. The molecule has 0 aliphatic carbocycles. The highest BCUT2D eigenvalue weighted by Crippen LogP contribution is 2.16. The molecule has 0 saturated carbocycles. The summed E-state index contributed by atoms with van der Waals surface area (Å²) >= 11 is 3.39. The van der Waals surface area contributed by atoms with Gasteiger partial charge in [0, 0.05) is 17.6 Å². The van der Waals surface area contributed by atoms with Crippen LogP contribution in [-0.2, 0) is 9.53 Å². The maximum Gasteiger partial charge on any atom is 0.250 e. The van der Waals surface area contributed by atoms with Gasteiger partial charge in [-0.05, 0) is 24.6 Å². The number of carbonyl (C=O) groups is 1. The predicted octanol–water partition coefficient (Wildman–Crippen LogP) is 1.61. The highest BCUT2D eigenvalue weighted by molar-refractivity contribution is 9.10. The summed E-state index contributed by atoms with van der Waals surface area (Å²) in [6.45, 7) is 3.95. The van der Waals surface area contributed by atoms with Gasteiger partial charge in [0.05, 0.1) is 12.6 Å². The first kappa shape index (κ1) is 13.5. The molecule has 1 unspecified atom stereocenters. The molecule has 4 nitrogen and oxygen atoms in total. The minimum Gasteiger partial charge on any atom is -0.366 e. The van der Waals surface area contributed by atoms with Crippen LogP contribution in [0.5, 0.6) is 0 Å². The van der Waals surface area contributed by atoms with Gasteiger partial charge in [-0.1, -0.05) is 28.1 Å². The van der Waals surface area contributed by atoms with Gasteiger partial charge in [0.15, 0.2) is 0 Å². The van der Waals surface area contributed by atoms with E-state index in [4.69, 9.17) is 4.74 Å². The van der Waals surface area contributed by atoms with E-state index in [1.54, 1.807) is 0 Å². The quantitative estimate of drug-likeness (QED) is 0.891. The lowest BCUT2D eigenvalue weighted by atomic mass is 10.1. The first-order valence-corrected chi connectivity index (χ1v) is 6.84. The molecule has 1 aromatic carbocycles. The van der Waals surface area contributed by atoms with Crippen LogP contribution in [0.4, 0.5) is 0 Å². The van der Waals surface area contributed by atoms with Gasteiger partial charge < -0.3 is 15.4 Å². The number of carbonyl (C=O) groups excluding carboxylic acids is 1. The summed E-state index contributed by atoms with van der Waals surface area (Å²) in [5.74, 6) is -0.0578. The van der Waals surface area contributed by atoms with Gasteiger partial charge in [0.25, 0.3) is 5.91 Å². The van der Waals surface area contributed by atoms with Gasteiger partial charge >= 0.3 is 0 Å². The van der Waals surface area contributed by atoms with Gasteiger partial charge in [0.1, 0.15) is 6.10 Å². The molecule has 1 saturated heterocycles. The highest BCUT2D eigenvalue weighted by atomic mass is 79.9. The number of benzene rings is 1. The van der Waals surface area contributed by atoms with E-state index >= 15 is 0 Å². The Morgan fingerprint density at radius 1 is 1.50 bits per heavy atom. The van der Waals surface area contributed by atoms with Crippen LogP contribution >= 0.6 is 15.9 Å². The molecule has 2 atom stereocenters. The minimum absolute atomic E-state index is 0.0175. The molecule has 2 N–H and O–H groups in total. The van der Waals surface area contributed by atoms with Crippen molar-refractivity contribution in [3.05, 3.63) is 34.3 Å². The number of hydrogen-bond acceptors (Lipinski definition) is 3. The molecule has 0 radical (unpaired) electrons. The van der Waals surface area contributed by atoms with Crippen molar-refractivity contribution in [1.29, 1.82) is 0 Å². The number of rotatable bonds is 3. The summed E-state index contributed by atoms with van der Waals surface area (Å²) in [4.78, 5) is 12.0. The molecule has 1 aliphatic heterocycles. The Labute approximate surface area is 115 Å². The molecular formula is C13H17BrN2O2. The van der Waals surface area contributed by atoms with Crippen LogP contribution in [0.2, 0.25) is 0 Å².